The van der Waals surface area contributed by atoms with Crippen LogP contribution in [0.25, 0.3) is 0 Å². The molecule has 1 aromatic rings. The molecule has 0 aromatic carbocycles. The molecule has 2 saturated heterocycles. The van der Waals surface area contributed by atoms with Crippen LogP contribution < -0.4 is 4.90 Å². The van der Waals surface area contributed by atoms with Gasteiger partial charge in [0.2, 0.25) is 0 Å². The van der Waals surface area contributed by atoms with Crippen molar-refractivity contribution in [3.8, 4) is 6.07 Å². The van der Waals surface area contributed by atoms with Crippen LogP contribution in [0.4, 0.5) is 5.82 Å². The third-order valence-corrected chi connectivity index (χ3v) is 4.28. The van der Waals surface area contributed by atoms with E-state index in [0.717, 1.165) is 18.9 Å². The molecule has 0 saturated carbocycles. The summed E-state index contributed by atoms with van der Waals surface area (Å²) in [5.41, 5.74) is 0.631. The van der Waals surface area contributed by atoms with Crippen molar-refractivity contribution in [1.82, 2.24) is 15.1 Å². The molecule has 0 N–H and O–H groups in total. The highest BCUT2D eigenvalue weighted by Gasteiger charge is 2.34. The Balaban J connectivity index is 1.86. The first-order valence-corrected chi connectivity index (χ1v) is 7.02. The molecule has 2 fully saturated rings. The highest BCUT2D eigenvalue weighted by molar-refractivity contribution is 5.53. The van der Waals surface area contributed by atoms with Crippen LogP contribution in [0, 0.1) is 11.3 Å². The summed E-state index contributed by atoms with van der Waals surface area (Å²) in [7, 11) is 0. The molecule has 100 valence electrons. The predicted molar refractivity (Wildman–Crippen MR) is 72.8 cm³/mol. The molecule has 2 unspecified atom stereocenters. The maximum atomic E-state index is 9.21. The van der Waals surface area contributed by atoms with Gasteiger partial charge in [0, 0.05) is 25.2 Å². The summed E-state index contributed by atoms with van der Waals surface area (Å²) in [5, 5.41) is 17.4. The van der Waals surface area contributed by atoms with Crippen LogP contribution in [0.2, 0.25) is 0 Å². The minimum atomic E-state index is 0.387. The number of fused-ring (bicyclic) bond motifs is 1. The molecule has 1 aromatic heterocycles. The lowest BCUT2D eigenvalue weighted by Gasteiger charge is -2.47. The van der Waals surface area contributed by atoms with E-state index in [1.807, 2.05) is 0 Å². The number of rotatable bonds is 1. The van der Waals surface area contributed by atoms with Crippen LogP contribution >= 0.6 is 0 Å². The quantitative estimate of drug-likeness (QED) is 0.761. The van der Waals surface area contributed by atoms with Crippen LogP contribution in [0.15, 0.2) is 12.3 Å². The Morgan fingerprint density at radius 3 is 3.11 bits per heavy atom. The second-order valence-electron chi connectivity index (χ2n) is 5.53. The highest BCUT2D eigenvalue weighted by Crippen LogP contribution is 2.28. The zero-order valence-corrected chi connectivity index (χ0v) is 11.3. The lowest BCUT2D eigenvalue weighted by atomic mass is 9.97. The van der Waals surface area contributed by atoms with Gasteiger partial charge in [-0.3, -0.25) is 4.90 Å². The lowest BCUT2D eigenvalue weighted by Crippen LogP contribution is -2.59. The van der Waals surface area contributed by atoms with Crippen molar-refractivity contribution in [3.05, 3.63) is 17.8 Å². The van der Waals surface area contributed by atoms with Crippen molar-refractivity contribution < 1.29 is 0 Å². The molecule has 0 bridgehead atoms. The van der Waals surface area contributed by atoms with Crippen LogP contribution in [0.5, 0.6) is 0 Å². The molecule has 0 radical (unpaired) electrons. The number of nitrogens with zero attached hydrogens (tertiary/aromatic N) is 5. The number of aromatic nitrogens is 2. The van der Waals surface area contributed by atoms with Gasteiger partial charge >= 0.3 is 0 Å². The summed E-state index contributed by atoms with van der Waals surface area (Å²) in [6, 6.07) is 4.98. The zero-order chi connectivity index (χ0) is 13.2. The van der Waals surface area contributed by atoms with E-state index >= 15 is 0 Å². The maximum absolute atomic E-state index is 9.21. The first-order valence-electron chi connectivity index (χ1n) is 7.02. The molecule has 0 spiro atoms. The van der Waals surface area contributed by atoms with Gasteiger partial charge in [-0.05, 0) is 32.4 Å². The standard InChI is InChI=1S/C14H19N5/c1-11-9-18-7-3-2-4-13(18)10-19(11)14-12(8-15)5-6-16-17-14/h5-6,11,13H,2-4,7,9-10H2,1H3. The van der Waals surface area contributed by atoms with Crippen molar-refractivity contribution in [1.29, 1.82) is 5.26 Å². The van der Waals surface area contributed by atoms with Gasteiger partial charge in [0.15, 0.2) is 5.82 Å². The molecule has 19 heavy (non-hydrogen) atoms. The van der Waals surface area contributed by atoms with E-state index in [1.165, 1.54) is 25.8 Å². The Morgan fingerprint density at radius 2 is 2.26 bits per heavy atom. The number of anilines is 1. The molecular weight excluding hydrogens is 238 g/mol. The van der Waals surface area contributed by atoms with E-state index in [2.05, 4.69) is 33.0 Å². The van der Waals surface area contributed by atoms with Gasteiger partial charge in [0.05, 0.1) is 11.8 Å². The molecule has 5 heteroatoms. The Bertz CT molecular complexity index is 495. The van der Waals surface area contributed by atoms with Gasteiger partial charge in [-0.1, -0.05) is 6.42 Å². The van der Waals surface area contributed by atoms with E-state index in [9.17, 15) is 5.26 Å². The van der Waals surface area contributed by atoms with Crippen molar-refractivity contribution in [2.75, 3.05) is 24.5 Å². The Labute approximate surface area is 113 Å². The topological polar surface area (TPSA) is 56.1 Å². The fourth-order valence-electron chi connectivity index (χ4n) is 3.27. The van der Waals surface area contributed by atoms with Crippen LogP contribution in [-0.2, 0) is 0 Å². The van der Waals surface area contributed by atoms with Crippen LogP contribution in [-0.4, -0.2) is 46.8 Å². The molecule has 2 atom stereocenters. The molecule has 3 rings (SSSR count). The third-order valence-electron chi connectivity index (χ3n) is 4.28. The van der Waals surface area contributed by atoms with Crippen LogP contribution in [0.1, 0.15) is 31.7 Å². The number of hydrogen-bond donors (Lipinski definition) is 0. The van der Waals surface area contributed by atoms with Crippen molar-refractivity contribution in [3.63, 3.8) is 0 Å². The normalized spacial score (nSPS) is 27.7. The summed E-state index contributed by atoms with van der Waals surface area (Å²) in [4.78, 5) is 4.85. The first kappa shape index (κ1) is 12.4. The number of piperazine rings is 1. The van der Waals surface area contributed by atoms with Gasteiger partial charge in [0.1, 0.15) is 6.07 Å². The number of piperidine rings is 1. The van der Waals surface area contributed by atoms with E-state index in [1.54, 1.807) is 12.3 Å². The second-order valence-corrected chi connectivity index (χ2v) is 5.53. The van der Waals surface area contributed by atoms with Gasteiger partial charge in [-0.2, -0.15) is 10.4 Å². The summed E-state index contributed by atoms with van der Waals surface area (Å²) < 4.78 is 0. The van der Waals surface area contributed by atoms with Gasteiger partial charge in [0.25, 0.3) is 0 Å². The van der Waals surface area contributed by atoms with Crippen LogP contribution in [0.3, 0.4) is 0 Å². The first-order chi connectivity index (χ1) is 9.29. The van der Waals surface area contributed by atoms with E-state index in [-0.39, 0.29) is 0 Å². The molecular formula is C14H19N5. The van der Waals surface area contributed by atoms with Crippen molar-refractivity contribution >= 4 is 5.82 Å². The molecule has 0 amide bonds. The average molecular weight is 257 g/mol. The second kappa shape index (κ2) is 5.14. The largest absolute Gasteiger partial charge is 0.348 e. The van der Waals surface area contributed by atoms with Gasteiger partial charge < -0.3 is 4.90 Å². The zero-order valence-electron chi connectivity index (χ0n) is 11.3. The van der Waals surface area contributed by atoms with E-state index in [4.69, 9.17) is 0 Å². The summed E-state index contributed by atoms with van der Waals surface area (Å²) in [6.45, 7) is 5.45. The summed E-state index contributed by atoms with van der Waals surface area (Å²) in [6.07, 6.45) is 5.47. The number of nitriles is 1. The Hall–Kier alpha value is -1.67. The summed E-state index contributed by atoms with van der Waals surface area (Å²) >= 11 is 0. The average Bonchev–Trinajstić information content (AvgIpc) is 2.46. The van der Waals surface area contributed by atoms with Gasteiger partial charge in [-0.15, -0.1) is 5.10 Å². The highest BCUT2D eigenvalue weighted by atomic mass is 15.3. The smallest absolute Gasteiger partial charge is 0.169 e. The van der Waals surface area contributed by atoms with E-state index in [0.29, 0.717) is 17.6 Å². The van der Waals surface area contributed by atoms with Gasteiger partial charge in [-0.25, -0.2) is 0 Å². The fraction of sp³-hybridized carbons (Fsp3) is 0.643. The lowest BCUT2D eigenvalue weighted by molar-refractivity contribution is 0.115. The monoisotopic (exact) mass is 257 g/mol. The Morgan fingerprint density at radius 1 is 1.37 bits per heavy atom. The fourth-order valence-corrected chi connectivity index (χ4v) is 3.27. The molecule has 2 aliphatic rings. The molecule has 5 nitrogen and oxygen atoms in total. The van der Waals surface area contributed by atoms with Crippen molar-refractivity contribution in [2.45, 2.75) is 38.3 Å². The molecule has 3 heterocycles. The maximum Gasteiger partial charge on any atom is 0.169 e. The third kappa shape index (κ3) is 2.28. The summed E-state index contributed by atoms with van der Waals surface area (Å²) in [5.74, 6) is 0.753. The number of hydrogen-bond acceptors (Lipinski definition) is 5. The molecule has 2 aliphatic heterocycles. The SMILES string of the molecule is CC1CN2CCCCC2CN1c1nnccc1C#N. The van der Waals surface area contributed by atoms with Crippen molar-refractivity contribution in [2.24, 2.45) is 0 Å². The molecule has 0 aliphatic carbocycles. The Kier molecular flexibility index (Phi) is 3.34. The van der Waals surface area contributed by atoms with E-state index < -0.39 is 0 Å². The minimum Gasteiger partial charge on any atom is -0.348 e. The predicted octanol–water partition coefficient (Wildman–Crippen LogP) is 1.41. The minimum absolute atomic E-state index is 0.387.